The third-order valence-electron chi connectivity index (χ3n) is 19.0. The molecule has 0 saturated heterocycles. The van der Waals surface area contributed by atoms with Gasteiger partial charge in [-0.2, -0.15) is 0 Å². The van der Waals surface area contributed by atoms with E-state index in [1.165, 1.54) is 205 Å². The van der Waals surface area contributed by atoms with Gasteiger partial charge in [-0.15, -0.1) is 0 Å². The fourth-order valence-electron chi connectivity index (χ4n) is 12.3. The highest BCUT2D eigenvalue weighted by molar-refractivity contribution is 7.47. The SMILES string of the molecule is CC/C=C\C/C=C\C/C=C\C/C=C\C/C=C\CCCCCCCCCCCCCCCCCCCC(=O)OCC(O)COP(=O)(O)OCC(O)COP(=O)(O)OCC(COC(=O)CCCCCCCCCCCCC/C=C\C/C=C\C/C=C\C/C=C\CCCCC)OC(=O)CCCCCCCCCCCCCCC. The van der Waals surface area contributed by atoms with E-state index in [4.69, 9.17) is 32.3 Å². The summed E-state index contributed by atoms with van der Waals surface area (Å²) < 4.78 is 61.3. The lowest BCUT2D eigenvalue weighted by atomic mass is 10.0. The van der Waals surface area contributed by atoms with E-state index in [0.29, 0.717) is 19.3 Å². The summed E-state index contributed by atoms with van der Waals surface area (Å²) in [5.41, 5.74) is 0. The Balaban J connectivity index is 4.40. The lowest BCUT2D eigenvalue weighted by Crippen LogP contribution is -2.30. The normalized spacial score (nSPS) is 14.4. The number of unbranched alkanes of at least 4 members (excludes halogenated alkanes) is 43. The summed E-state index contributed by atoms with van der Waals surface area (Å²) in [6.45, 7) is 2.60. The zero-order valence-electron chi connectivity index (χ0n) is 69.5. The van der Waals surface area contributed by atoms with E-state index in [2.05, 4.69) is 130 Å². The molecule has 0 rings (SSSR count). The van der Waals surface area contributed by atoms with Gasteiger partial charge in [0.1, 0.15) is 25.4 Å². The van der Waals surface area contributed by atoms with Crippen molar-refractivity contribution in [2.24, 2.45) is 0 Å². The molecule has 5 unspecified atom stereocenters. The van der Waals surface area contributed by atoms with E-state index >= 15 is 0 Å². The van der Waals surface area contributed by atoms with Gasteiger partial charge < -0.3 is 34.2 Å². The molecule has 0 aromatic heterocycles. The second-order valence-electron chi connectivity index (χ2n) is 29.7. The van der Waals surface area contributed by atoms with Crippen molar-refractivity contribution < 1.29 is 75.8 Å². The van der Waals surface area contributed by atoms with Crippen LogP contribution in [0.1, 0.15) is 393 Å². The van der Waals surface area contributed by atoms with Crippen LogP contribution >= 0.6 is 15.6 Å². The van der Waals surface area contributed by atoms with Gasteiger partial charge in [-0.05, 0) is 109 Å². The van der Waals surface area contributed by atoms with Crippen LogP contribution in [-0.4, -0.2) is 95.9 Å². The van der Waals surface area contributed by atoms with Crippen molar-refractivity contribution >= 4 is 33.6 Å². The number of phosphoric acid groups is 2. The molecule has 0 spiro atoms. The molecule has 0 bridgehead atoms. The van der Waals surface area contributed by atoms with E-state index in [-0.39, 0.29) is 19.3 Å². The van der Waals surface area contributed by atoms with Crippen LogP contribution in [0.15, 0.2) is 109 Å². The maximum atomic E-state index is 13.0. The molecule has 16 nitrogen and oxygen atoms in total. The number of phosphoric ester groups is 2. The quantitative estimate of drug-likeness (QED) is 0.0146. The van der Waals surface area contributed by atoms with Crippen LogP contribution in [0.5, 0.6) is 0 Å². The van der Waals surface area contributed by atoms with E-state index in [9.17, 15) is 43.5 Å². The molecular weight excluding hydrogens is 1410 g/mol. The summed E-state index contributed by atoms with van der Waals surface area (Å²) in [4.78, 5) is 58.8. The number of aliphatic hydroxyl groups is 2. The second kappa shape index (κ2) is 83.6. The van der Waals surface area contributed by atoms with Gasteiger partial charge in [0.2, 0.25) is 0 Å². The molecule has 5 atom stereocenters. The number of allylic oxidation sites excluding steroid dienone is 18. The first-order valence-corrected chi connectivity index (χ1v) is 47.2. The molecule has 0 amide bonds. The van der Waals surface area contributed by atoms with Gasteiger partial charge in [0.25, 0.3) is 0 Å². The van der Waals surface area contributed by atoms with E-state index in [1.54, 1.807) is 0 Å². The van der Waals surface area contributed by atoms with E-state index < -0.39 is 91.5 Å². The lowest BCUT2D eigenvalue weighted by molar-refractivity contribution is -0.161. The van der Waals surface area contributed by atoms with Crippen LogP contribution in [-0.2, 0) is 55.8 Å². The lowest BCUT2D eigenvalue weighted by Gasteiger charge is -2.21. The summed E-state index contributed by atoms with van der Waals surface area (Å²) in [5.74, 6) is -1.56. The first-order chi connectivity index (χ1) is 53.2. The van der Waals surface area contributed by atoms with Crippen LogP contribution < -0.4 is 0 Å². The zero-order chi connectivity index (χ0) is 79.4. The summed E-state index contributed by atoms with van der Waals surface area (Å²) in [6, 6.07) is 0. The topological polar surface area (TPSA) is 231 Å². The van der Waals surface area contributed by atoms with Crippen molar-refractivity contribution in [1.29, 1.82) is 0 Å². The number of carbonyl (C=O) groups is 3. The summed E-state index contributed by atoms with van der Waals surface area (Å²) in [7, 11) is -9.78. The third-order valence-corrected chi connectivity index (χ3v) is 20.9. The number of esters is 3. The molecule has 18 heteroatoms. The first-order valence-electron chi connectivity index (χ1n) is 44.2. The number of rotatable bonds is 84. The predicted octanol–water partition coefficient (Wildman–Crippen LogP) is 26.7. The Bertz CT molecular complexity index is 2420. The predicted molar refractivity (Wildman–Crippen MR) is 454 cm³/mol. The van der Waals surface area contributed by atoms with Gasteiger partial charge in [0.15, 0.2) is 6.10 Å². The molecule has 0 aromatic rings. The number of aliphatic hydroxyl groups excluding tert-OH is 2. The summed E-state index contributed by atoms with van der Waals surface area (Å²) >= 11 is 0. The largest absolute Gasteiger partial charge is 0.472 e. The minimum atomic E-state index is -4.93. The van der Waals surface area contributed by atoms with Crippen LogP contribution in [0.4, 0.5) is 0 Å². The van der Waals surface area contributed by atoms with Gasteiger partial charge in [-0.3, -0.25) is 32.5 Å². The summed E-state index contributed by atoms with van der Waals surface area (Å²) in [6.07, 6.45) is 100. The summed E-state index contributed by atoms with van der Waals surface area (Å²) in [5, 5.41) is 20.7. The highest BCUT2D eigenvalue weighted by atomic mass is 31.2. The van der Waals surface area contributed by atoms with Crippen molar-refractivity contribution in [2.45, 2.75) is 411 Å². The minimum Gasteiger partial charge on any atom is -0.463 e. The van der Waals surface area contributed by atoms with Gasteiger partial charge in [-0.25, -0.2) is 9.13 Å². The fraction of sp³-hybridized carbons (Fsp3) is 0.769. The Morgan fingerprint density at radius 3 is 0.789 bits per heavy atom. The standard InChI is InChI=1S/C91H162O16P2/c1-4-7-10-13-16-19-22-25-27-29-31-33-35-37-39-40-41-42-43-44-46-48-49-51-53-55-57-60-62-65-68-71-74-77-89(94)101-80-86(92)81-103-108(97,98)104-82-87(93)83-105-109(99,100)106-85-88(107-91(96)79-76-73-70-67-64-59-24-21-18-15-12-9-6-3)84-102-90(95)78-75-72-69-66-63-61-58-56-54-52-50-47-45-38-36-34-32-30-28-26-23-20-17-14-11-8-5-2/h7,10,16-17,19-20,25-28,31-34,37-39,45,86-88,92-93H,4-6,8-9,11-15,18,21-24,29-30,35-36,40-44,46-85H2,1-3H3,(H,97,98)(H,99,100)/b10-7-,19-16-,20-17-,27-25-,28-26-,33-31-,34-32-,39-37-,45-38-. The Kier molecular flexibility index (Phi) is 80.7. The molecule has 109 heavy (non-hydrogen) atoms. The molecule has 0 aliphatic carbocycles. The Morgan fingerprint density at radius 1 is 0.266 bits per heavy atom. The Morgan fingerprint density at radius 2 is 0.486 bits per heavy atom. The van der Waals surface area contributed by atoms with Gasteiger partial charge in [0, 0.05) is 19.3 Å². The maximum absolute atomic E-state index is 13.0. The van der Waals surface area contributed by atoms with Crippen LogP contribution in [0, 0.1) is 0 Å². The van der Waals surface area contributed by atoms with Crippen molar-refractivity contribution in [2.75, 3.05) is 39.6 Å². The van der Waals surface area contributed by atoms with E-state index in [0.717, 1.165) is 128 Å². The van der Waals surface area contributed by atoms with E-state index in [1.807, 2.05) is 0 Å². The smallest absolute Gasteiger partial charge is 0.463 e. The minimum absolute atomic E-state index is 0.108. The highest BCUT2D eigenvalue weighted by Gasteiger charge is 2.29. The molecule has 0 saturated carbocycles. The van der Waals surface area contributed by atoms with Gasteiger partial charge in [0.05, 0.1) is 26.4 Å². The van der Waals surface area contributed by atoms with Crippen molar-refractivity contribution in [3.8, 4) is 0 Å². The van der Waals surface area contributed by atoms with Crippen molar-refractivity contribution in [3.63, 3.8) is 0 Å². The number of hydrogen-bond donors (Lipinski definition) is 4. The first kappa shape index (κ1) is 105. The maximum Gasteiger partial charge on any atom is 0.472 e. The van der Waals surface area contributed by atoms with Crippen LogP contribution in [0.25, 0.3) is 0 Å². The molecular formula is C91H162O16P2. The average Bonchev–Trinajstić information content (AvgIpc) is 0.915. The molecule has 0 aliphatic rings. The van der Waals surface area contributed by atoms with Crippen LogP contribution in [0.3, 0.4) is 0 Å². The van der Waals surface area contributed by atoms with Gasteiger partial charge >= 0.3 is 33.6 Å². The number of ether oxygens (including phenoxy) is 3. The van der Waals surface area contributed by atoms with Crippen LogP contribution in [0.2, 0.25) is 0 Å². The Hall–Kier alpha value is -3.79. The third kappa shape index (κ3) is 84.9. The average molecular weight is 1570 g/mol. The monoisotopic (exact) mass is 1570 g/mol. The Labute approximate surface area is 666 Å². The number of hydrogen-bond acceptors (Lipinski definition) is 14. The molecule has 0 fully saturated rings. The van der Waals surface area contributed by atoms with Crippen molar-refractivity contribution in [1.82, 2.24) is 0 Å². The second-order valence-corrected chi connectivity index (χ2v) is 32.6. The van der Waals surface area contributed by atoms with Gasteiger partial charge in [-0.1, -0.05) is 374 Å². The zero-order valence-corrected chi connectivity index (χ0v) is 71.3. The molecule has 0 heterocycles. The molecule has 0 radical (unpaired) electrons. The molecule has 4 N–H and O–H groups in total. The molecule has 0 aromatic carbocycles. The van der Waals surface area contributed by atoms with Crippen molar-refractivity contribution in [3.05, 3.63) is 109 Å². The highest BCUT2D eigenvalue weighted by Crippen LogP contribution is 2.45. The molecule has 632 valence electrons. The fourth-order valence-corrected chi connectivity index (χ4v) is 13.9. The number of carbonyl (C=O) groups excluding carboxylic acids is 3. The molecule has 0 aliphatic heterocycles.